The van der Waals surface area contributed by atoms with Gasteiger partial charge in [0.2, 0.25) is 0 Å². The van der Waals surface area contributed by atoms with Gasteiger partial charge in [-0.3, -0.25) is 0 Å². The van der Waals surface area contributed by atoms with E-state index in [0.29, 0.717) is 19.8 Å². The molecule has 26 heavy (non-hydrogen) atoms. The molecule has 0 aliphatic heterocycles. The van der Waals surface area contributed by atoms with Crippen LogP contribution in [0.3, 0.4) is 0 Å². The summed E-state index contributed by atoms with van der Waals surface area (Å²) in [5.74, 6) is 0. The first kappa shape index (κ1) is 27.5. The molecule has 0 spiro atoms. The predicted molar refractivity (Wildman–Crippen MR) is 90.3 cm³/mol. The molecule has 0 aliphatic rings. The Labute approximate surface area is 192 Å². The van der Waals surface area contributed by atoms with Crippen LogP contribution in [-0.2, 0) is 15.6 Å². The van der Waals surface area contributed by atoms with Gasteiger partial charge in [0.25, 0.3) is 0 Å². The number of hydrogen-bond acceptors (Lipinski definition) is 5. The topological polar surface area (TPSA) is 57.2 Å². The number of ether oxygens (including phenoxy) is 2. The number of rotatable bonds is 15. The number of carbonyl (C=O) groups is 1. The van der Waals surface area contributed by atoms with Crippen LogP contribution in [0.2, 0.25) is 0 Å². The van der Waals surface area contributed by atoms with Gasteiger partial charge in [0.05, 0.1) is 0 Å². The van der Waals surface area contributed by atoms with Crippen molar-refractivity contribution in [3.05, 3.63) is 0 Å². The fourth-order valence-electron chi connectivity index (χ4n) is 1.46. The summed E-state index contributed by atoms with van der Waals surface area (Å²) in [6.07, 6.45) is 1.86. The molecule has 1 amide bonds. The Bertz CT molecular complexity index is 395. The Morgan fingerprint density at radius 3 is 1.92 bits per heavy atom. The van der Waals surface area contributed by atoms with Crippen molar-refractivity contribution in [2.45, 2.75) is 78.6 Å². The van der Waals surface area contributed by atoms with Gasteiger partial charge < -0.3 is 0 Å². The van der Waals surface area contributed by atoms with Crippen molar-refractivity contribution < 1.29 is 85.4 Å². The zero-order valence-corrected chi connectivity index (χ0v) is 23.7. The summed E-state index contributed by atoms with van der Waals surface area (Å²) in [6.45, 7) is 16.3. The van der Waals surface area contributed by atoms with Crippen molar-refractivity contribution in [1.29, 1.82) is 0 Å². The number of carbonyl (C=O) groups excluding carboxylic acids is 1. The van der Waals surface area contributed by atoms with Crippen LogP contribution in [0, 0.1) is 0 Å². The molecule has 0 unspecified atom stereocenters. The van der Waals surface area contributed by atoms with Gasteiger partial charge in [-0.25, -0.2) is 0 Å². The molecule has 0 fully saturated rings. The molecule has 0 N–H and O–H groups in total. The second-order valence-corrected chi connectivity index (χ2v) is 14.5. The fourth-order valence-corrected chi connectivity index (χ4v) is 8.90. The molecule has 0 aliphatic carbocycles. The molecule has 0 aromatic rings. The minimum atomic E-state index is -0.834. The molecule has 162 valence electrons. The Morgan fingerprint density at radius 2 is 1.50 bits per heavy atom. The van der Waals surface area contributed by atoms with E-state index in [0.717, 1.165) is 12.8 Å². The molecule has 6 nitrogen and oxygen atoms in total. The van der Waals surface area contributed by atoms with Crippen LogP contribution >= 0.6 is 0 Å². The van der Waals surface area contributed by atoms with Gasteiger partial charge in [-0.05, 0) is 0 Å². The number of nitrogens with zero attached hydrogens (tertiary/aromatic N) is 1. The zero-order valence-electron chi connectivity index (χ0n) is 17.2. The van der Waals surface area contributed by atoms with Gasteiger partial charge in [-0.15, -0.1) is 0 Å². The Kier molecular flexibility index (Phi) is 15.3. The Morgan fingerprint density at radius 1 is 1.00 bits per heavy atom. The zero-order chi connectivity index (χ0) is 20.2. The van der Waals surface area contributed by atoms with Crippen LogP contribution in [0.25, 0.3) is 0 Å². The van der Waals surface area contributed by atoms with Crippen LogP contribution in [0.15, 0.2) is 0 Å². The van der Waals surface area contributed by atoms with E-state index in [1.165, 1.54) is 0 Å². The summed E-state index contributed by atoms with van der Waals surface area (Å²) >= 11 is -2.16. The van der Waals surface area contributed by atoms with Crippen molar-refractivity contribution in [1.82, 2.24) is 1.33 Å². The standard InChI is InChI=1S/C17H35I3NO5/c1-9-23-12-10-16(4,5)25-19-21(15(22)18-8)20-26-17(6,7)11-13-24-14(2)3/h14H,9-13H2,1-8H3/q-3. The second-order valence-electron chi connectivity index (χ2n) is 7.10. The number of hydrogen-bond donors (Lipinski definition) is 0. The van der Waals surface area contributed by atoms with Gasteiger partial charge >= 0.3 is 194 Å². The van der Waals surface area contributed by atoms with Crippen molar-refractivity contribution in [3.8, 4) is 0 Å². The summed E-state index contributed by atoms with van der Waals surface area (Å²) in [6, 6.07) is 0. The Hall–Kier alpha value is 1.50. The molecule has 0 saturated heterocycles. The van der Waals surface area contributed by atoms with Crippen LogP contribution in [-0.4, -0.2) is 47.3 Å². The van der Waals surface area contributed by atoms with E-state index < -0.39 is 65.0 Å². The summed E-state index contributed by atoms with van der Waals surface area (Å²) in [5, 5.41) is 0. The average molecular weight is 714 g/mol. The normalized spacial score (nSPS) is 13.1. The van der Waals surface area contributed by atoms with Gasteiger partial charge in [0, 0.05) is 0 Å². The summed E-state index contributed by atoms with van der Waals surface area (Å²) in [4.78, 5) is 14.3. The molecule has 0 heterocycles. The monoisotopic (exact) mass is 714 g/mol. The van der Waals surface area contributed by atoms with E-state index in [9.17, 15) is 4.79 Å². The maximum absolute atomic E-state index is 12.3. The molecule has 0 aromatic carbocycles. The SMILES string of the molecule is CCOCCC(C)(C)O[I-]N([I-]OC(C)(C)CCOC(C)C)C(=O)[I-]C. The fraction of sp³-hybridized carbons (Fsp3) is 0.941. The molecule has 0 bridgehead atoms. The molecule has 0 radical (unpaired) electrons. The van der Waals surface area contributed by atoms with Crippen LogP contribution in [0.4, 0.5) is 4.79 Å². The molecule has 9 heteroatoms. The second kappa shape index (κ2) is 14.5. The first-order valence-electron chi connectivity index (χ1n) is 8.72. The summed E-state index contributed by atoms with van der Waals surface area (Å²) < 4.78 is 25.4. The third-order valence-corrected chi connectivity index (χ3v) is 12.7. The quantitative estimate of drug-likeness (QED) is 0.0425. The van der Waals surface area contributed by atoms with Crippen LogP contribution in [0.1, 0.15) is 61.3 Å². The molecule has 0 rings (SSSR count). The Balaban J connectivity index is 4.50. The van der Waals surface area contributed by atoms with E-state index in [1.54, 1.807) is 0 Å². The van der Waals surface area contributed by atoms with Crippen molar-refractivity contribution in [3.63, 3.8) is 0 Å². The summed E-state index contributed by atoms with van der Waals surface area (Å²) in [5.41, 5.74) is -0.571. The third-order valence-electron chi connectivity index (χ3n) is 3.11. The predicted octanol–water partition coefficient (Wildman–Crippen LogP) is -5.20. The molecule has 0 aromatic heterocycles. The number of halogens is 3. The van der Waals surface area contributed by atoms with E-state index in [-0.39, 0.29) is 21.2 Å². The van der Waals surface area contributed by atoms with E-state index in [4.69, 9.17) is 15.6 Å². The number of amides is 1. The van der Waals surface area contributed by atoms with Gasteiger partial charge in [0.1, 0.15) is 0 Å². The minimum absolute atomic E-state index is 0.222. The van der Waals surface area contributed by atoms with Gasteiger partial charge in [0.15, 0.2) is 0 Å². The van der Waals surface area contributed by atoms with E-state index in [2.05, 4.69) is 27.7 Å². The van der Waals surface area contributed by atoms with E-state index in [1.807, 2.05) is 27.0 Å². The summed E-state index contributed by atoms with van der Waals surface area (Å²) in [7, 11) is 0. The molecular formula is C17H35I3NO5-3. The molecule has 0 atom stereocenters. The van der Waals surface area contributed by atoms with Crippen LogP contribution < -0.4 is 65.0 Å². The van der Waals surface area contributed by atoms with Gasteiger partial charge in [-0.2, -0.15) is 0 Å². The first-order valence-corrected chi connectivity index (χ1v) is 15.6. The number of alkyl halides is 1. The molecular weight excluding hydrogens is 679 g/mol. The maximum atomic E-state index is 12.3. The first-order chi connectivity index (χ1) is 12.0. The molecule has 0 saturated carbocycles. The van der Waals surface area contributed by atoms with Crippen molar-refractivity contribution in [2.24, 2.45) is 0 Å². The van der Waals surface area contributed by atoms with Gasteiger partial charge in [-0.1, -0.05) is 0 Å². The average Bonchev–Trinajstić information content (AvgIpc) is 2.53. The van der Waals surface area contributed by atoms with Crippen molar-refractivity contribution in [2.75, 3.05) is 24.8 Å². The van der Waals surface area contributed by atoms with Crippen LogP contribution in [0.5, 0.6) is 0 Å². The van der Waals surface area contributed by atoms with E-state index >= 15 is 0 Å². The third kappa shape index (κ3) is 14.5. The van der Waals surface area contributed by atoms with Crippen molar-refractivity contribution >= 4 is 3.91 Å².